The molecule has 3 aromatic rings. The number of allylic oxidation sites excluding steroid dienone is 2. The first-order chi connectivity index (χ1) is 22.7. The van der Waals surface area contributed by atoms with Crippen LogP contribution < -0.4 is 4.74 Å². The summed E-state index contributed by atoms with van der Waals surface area (Å²) < 4.78 is 146. The van der Waals surface area contributed by atoms with Gasteiger partial charge in [-0.3, -0.25) is 0 Å². The zero-order valence-electron chi connectivity index (χ0n) is 26.2. The summed E-state index contributed by atoms with van der Waals surface area (Å²) in [6, 6.07) is 2.76. The van der Waals surface area contributed by atoms with E-state index in [1.54, 1.807) is 0 Å². The van der Waals surface area contributed by atoms with Crippen molar-refractivity contribution >= 4 is 16.3 Å². The van der Waals surface area contributed by atoms with Crippen LogP contribution in [0, 0.1) is 58.7 Å². The minimum atomic E-state index is -5.10. The Labute approximate surface area is 272 Å². The van der Waals surface area contributed by atoms with Crippen molar-refractivity contribution in [1.82, 2.24) is 0 Å². The van der Waals surface area contributed by atoms with Crippen LogP contribution in [0.2, 0.25) is 0 Å². The number of alkyl halides is 5. The Morgan fingerprint density at radius 2 is 1.46 bits per heavy atom. The Morgan fingerprint density at radius 1 is 0.771 bits per heavy atom. The molecule has 1 unspecified atom stereocenters. The number of halogens is 10. The largest absolute Gasteiger partial charge is 0.458 e. The van der Waals surface area contributed by atoms with E-state index in [0.717, 1.165) is 30.9 Å². The molecule has 0 aromatic heterocycles. The van der Waals surface area contributed by atoms with Gasteiger partial charge in [0.2, 0.25) is 0 Å². The van der Waals surface area contributed by atoms with Gasteiger partial charge in [-0.2, -0.15) is 22.0 Å². The highest BCUT2D eigenvalue weighted by molar-refractivity contribution is 5.87. The third kappa shape index (κ3) is 8.12. The van der Waals surface area contributed by atoms with Crippen molar-refractivity contribution in [2.24, 2.45) is 17.8 Å². The Kier molecular flexibility index (Phi) is 10.7. The fourth-order valence-corrected chi connectivity index (χ4v) is 7.10. The Bertz CT molecular complexity index is 1720. The van der Waals surface area contributed by atoms with Gasteiger partial charge in [-0.15, -0.1) is 0 Å². The van der Waals surface area contributed by atoms with Gasteiger partial charge < -0.3 is 4.74 Å². The molecule has 0 spiro atoms. The van der Waals surface area contributed by atoms with Crippen LogP contribution >= 0.6 is 0 Å². The average Bonchev–Trinajstić information content (AvgIpc) is 3.00. The van der Waals surface area contributed by atoms with E-state index < -0.39 is 69.0 Å². The molecule has 0 heterocycles. The van der Waals surface area contributed by atoms with Crippen LogP contribution in [-0.4, -0.2) is 6.18 Å². The molecule has 3 aromatic carbocycles. The Morgan fingerprint density at radius 3 is 2.06 bits per heavy atom. The van der Waals surface area contributed by atoms with Crippen LogP contribution in [0.1, 0.15) is 94.2 Å². The van der Waals surface area contributed by atoms with Crippen LogP contribution in [0.5, 0.6) is 5.75 Å². The van der Waals surface area contributed by atoms with Gasteiger partial charge in [0.05, 0.1) is 10.9 Å². The molecule has 1 atom stereocenters. The van der Waals surface area contributed by atoms with Crippen molar-refractivity contribution in [2.45, 2.75) is 89.8 Å². The molecule has 0 radical (unpaired) electrons. The molecule has 2 aliphatic rings. The lowest BCUT2D eigenvalue weighted by Crippen LogP contribution is -2.25. The molecule has 1 fully saturated rings. The van der Waals surface area contributed by atoms with Gasteiger partial charge in [-0.05, 0) is 90.6 Å². The van der Waals surface area contributed by atoms with Crippen molar-refractivity contribution in [3.8, 4) is 17.6 Å². The van der Waals surface area contributed by atoms with Crippen molar-refractivity contribution in [2.75, 3.05) is 0 Å². The first-order valence-electron chi connectivity index (χ1n) is 16.1. The predicted molar refractivity (Wildman–Crippen MR) is 163 cm³/mol. The number of benzene rings is 3. The quantitative estimate of drug-likeness (QED) is 0.124. The average molecular weight is 685 g/mol. The molecule has 11 heteroatoms. The number of rotatable bonds is 9. The van der Waals surface area contributed by atoms with Crippen LogP contribution in [0.3, 0.4) is 0 Å². The molecule has 0 aliphatic heterocycles. The highest BCUT2D eigenvalue weighted by Gasteiger charge is 2.42. The molecule has 0 saturated heterocycles. The summed E-state index contributed by atoms with van der Waals surface area (Å²) in [5, 5.41) is -1.74. The van der Waals surface area contributed by atoms with Crippen molar-refractivity contribution in [3.63, 3.8) is 0 Å². The summed E-state index contributed by atoms with van der Waals surface area (Å²) in [6.07, 6.45) is 4.02. The maximum Gasteiger partial charge on any atom is 0.458 e. The second kappa shape index (κ2) is 14.4. The highest BCUT2D eigenvalue weighted by Crippen LogP contribution is 2.44. The van der Waals surface area contributed by atoms with Crippen molar-refractivity contribution < 1.29 is 48.6 Å². The molecule has 0 bridgehead atoms. The molecule has 1 saturated carbocycles. The van der Waals surface area contributed by atoms with Crippen LogP contribution in [-0.2, 0) is 6.11 Å². The zero-order valence-corrected chi connectivity index (χ0v) is 26.2. The molecule has 1 nitrogen and oxygen atoms in total. The molecule has 48 heavy (non-hydrogen) atoms. The summed E-state index contributed by atoms with van der Waals surface area (Å²) in [5.41, 5.74) is -2.36. The number of unbranched alkanes of at least 4 members (excludes halogenated alkanes) is 2. The summed E-state index contributed by atoms with van der Waals surface area (Å²) >= 11 is 0. The summed E-state index contributed by atoms with van der Waals surface area (Å²) in [7, 11) is 0. The van der Waals surface area contributed by atoms with Crippen LogP contribution in [0.4, 0.5) is 43.9 Å². The lowest BCUT2D eigenvalue weighted by atomic mass is 9.70. The van der Waals surface area contributed by atoms with E-state index in [-0.39, 0.29) is 11.6 Å². The molecule has 0 amide bonds. The monoisotopic (exact) mass is 684 g/mol. The Hall–Kier alpha value is -3.68. The minimum Gasteiger partial charge on any atom is -0.429 e. The van der Waals surface area contributed by atoms with E-state index >= 15 is 17.6 Å². The molecule has 0 N–H and O–H groups in total. The third-order valence-electron chi connectivity index (χ3n) is 9.56. The topological polar surface area (TPSA) is 9.23 Å². The standard InChI is InChI=1S/C37H34F10O/c1-2-3-4-5-21-6-8-22(9-7-21)23-10-12-24(13-11-23)25-17-31(40)34(32(41)18-25)37(46,47)48-27-16-26-19-29(38)28(14-15-36(43,44)45)35(42)33(26)30(39)20-27/h12,16-23H,2-11,13H2,1H3. The number of hydrogen-bond acceptors (Lipinski definition) is 1. The number of hydrogen-bond donors (Lipinski definition) is 0. The highest BCUT2D eigenvalue weighted by atomic mass is 19.4. The minimum absolute atomic E-state index is 0.120. The predicted octanol–water partition coefficient (Wildman–Crippen LogP) is 12.1. The van der Waals surface area contributed by atoms with Crippen molar-refractivity contribution in [3.05, 3.63) is 82.2 Å². The molecule has 258 valence electrons. The van der Waals surface area contributed by atoms with E-state index in [0.29, 0.717) is 41.9 Å². The zero-order chi connectivity index (χ0) is 34.8. The molecular formula is C37H34F10O. The van der Waals surface area contributed by atoms with Gasteiger partial charge >= 0.3 is 12.3 Å². The smallest absolute Gasteiger partial charge is 0.429 e. The summed E-state index contributed by atoms with van der Waals surface area (Å²) in [6.45, 7) is 2.20. The Balaban J connectivity index is 1.30. The van der Waals surface area contributed by atoms with E-state index in [1.165, 1.54) is 57.3 Å². The van der Waals surface area contributed by atoms with Crippen LogP contribution in [0.25, 0.3) is 16.3 Å². The van der Waals surface area contributed by atoms with E-state index in [2.05, 4.69) is 11.7 Å². The van der Waals surface area contributed by atoms with Gasteiger partial charge in [0.25, 0.3) is 0 Å². The van der Waals surface area contributed by atoms with Gasteiger partial charge in [0, 0.05) is 12.0 Å². The van der Waals surface area contributed by atoms with Crippen molar-refractivity contribution in [1.29, 1.82) is 0 Å². The fraction of sp³-hybridized carbons (Fsp3) is 0.459. The number of ether oxygens (including phenoxy) is 1. The second-order valence-electron chi connectivity index (χ2n) is 12.8. The first-order valence-corrected chi connectivity index (χ1v) is 16.1. The van der Waals surface area contributed by atoms with E-state index in [4.69, 9.17) is 0 Å². The number of fused-ring (bicyclic) bond motifs is 1. The third-order valence-corrected chi connectivity index (χ3v) is 9.56. The maximum atomic E-state index is 15.2. The van der Waals surface area contributed by atoms with Gasteiger partial charge in [0.1, 0.15) is 34.6 Å². The normalized spacial score (nSPS) is 20.3. The maximum absolute atomic E-state index is 15.2. The molecule has 2 aliphatic carbocycles. The first kappa shape index (κ1) is 35.6. The summed E-state index contributed by atoms with van der Waals surface area (Å²) in [5.74, 6) is -5.52. The van der Waals surface area contributed by atoms with Gasteiger partial charge in [0.15, 0.2) is 5.82 Å². The second-order valence-corrected chi connectivity index (χ2v) is 12.8. The lowest BCUT2D eigenvalue weighted by molar-refractivity contribution is -0.189. The van der Waals surface area contributed by atoms with E-state index in [9.17, 15) is 26.3 Å². The SMILES string of the molecule is CCCCCC1CCC(C2CC=C(c3cc(F)c(C(F)(F)Oc4cc(F)c5c(F)c(C#CC(F)(F)F)c(F)cc5c4)c(F)c3)CC2)CC1. The fourth-order valence-electron chi connectivity index (χ4n) is 7.10. The molecular weight excluding hydrogens is 650 g/mol. The van der Waals surface area contributed by atoms with Gasteiger partial charge in [-0.25, -0.2) is 22.0 Å². The van der Waals surface area contributed by atoms with Crippen LogP contribution in [0.15, 0.2) is 36.4 Å². The lowest BCUT2D eigenvalue weighted by Gasteiger charge is -2.35. The molecule has 5 rings (SSSR count). The van der Waals surface area contributed by atoms with E-state index in [1.807, 2.05) is 6.08 Å². The van der Waals surface area contributed by atoms with Gasteiger partial charge in [-0.1, -0.05) is 57.4 Å². The summed E-state index contributed by atoms with van der Waals surface area (Å²) in [4.78, 5) is 0.